The molecule has 1 aromatic carbocycles. The highest BCUT2D eigenvalue weighted by Crippen LogP contribution is 2.15. The molecule has 7 heteroatoms. The van der Waals surface area contributed by atoms with Crippen molar-refractivity contribution in [2.45, 2.75) is 27.2 Å². The monoisotopic (exact) mass is 420 g/mol. The van der Waals surface area contributed by atoms with E-state index in [0.717, 1.165) is 61.4 Å². The van der Waals surface area contributed by atoms with E-state index < -0.39 is 0 Å². The van der Waals surface area contributed by atoms with Gasteiger partial charge >= 0.3 is 0 Å². The quantitative estimate of drug-likeness (QED) is 0.707. The minimum absolute atomic E-state index is 0.0551. The summed E-state index contributed by atoms with van der Waals surface area (Å²) in [5, 5.41) is 8.23. The third kappa shape index (κ3) is 12.3. The van der Waals surface area contributed by atoms with Gasteiger partial charge in [-0.1, -0.05) is 13.0 Å². The molecule has 0 aliphatic carbocycles. The number of ether oxygens (including phenoxy) is 2. The first kappa shape index (κ1) is 27.7. The molecule has 0 unspecified atom stereocenters. The van der Waals surface area contributed by atoms with E-state index in [-0.39, 0.29) is 5.56 Å². The van der Waals surface area contributed by atoms with Crippen LogP contribution >= 0.6 is 0 Å². The number of hydrogen-bond acceptors (Lipinski definition) is 6. The van der Waals surface area contributed by atoms with Gasteiger partial charge < -0.3 is 30.4 Å². The Morgan fingerprint density at radius 2 is 1.90 bits per heavy atom. The summed E-state index contributed by atoms with van der Waals surface area (Å²) in [6, 6.07) is 7.83. The molecule has 0 amide bonds. The zero-order chi connectivity index (χ0) is 22.8. The second-order valence-electron chi connectivity index (χ2n) is 6.76. The van der Waals surface area contributed by atoms with E-state index in [1.807, 2.05) is 44.2 Å². The average molecular weight is 421 g/mol. The lowest BCUT2D eigenvalue weighted by Gasteiger charge is -2.10. The summed E-state index contributed by atoms with van der Waals surface area (Å²) in [4.78, 5) is 11.8. The number of aromatic nitrogens is 1. The number of benzene rings is 1. The molecule has 3 rings (SSSR count). The van der Waals surface area contributed by atoms with E-state index in [0.29, 0.717) is 0 Å². The van der Waals surface area contributed by atoms with Crippen molar-refractivity contribution in [3.8, 4) is 0 Å². The van der Waals surface area contributed by atoms with E-state index >= 15 is 0 Å². The first-order valence-electron chi connectivity index (χ1n) is 10.3. The molecule has 1 aliphatic rings. The third-order valence-electron chi connectivity index (χ3n) is 3.96. The first-order valence-corrected chi connectivity index (χ1v) is 10.3. The summed E-state index contributed by atoms with van der Waals surface area (Å²) < 4.78 is 10.9. The van der Waals surface area contributed by atoms with Gasteiger partial charge in [-0.15, -0.1) is 0 Å². The van der Waals surface area contributed by atoms with Crippen molar-refractivity contribution in [1.82, 2.24) is 9.88 Å². The Hall–Kier alpha value is -2.35. The minimum Gasteiger partial charge on any atom is -0.403 e. The summed E-state index contributed by atoms with van der Waals surface area (Å²) >= 11 is 0. The third-order valence-corrected chi connectivity index (χ3v) is 3.96. The van der Waals surface area contributed by atoms with Gasteiger partial charge in [0.2, 0.25) is 0 Å². The Morgan fingerprint density at radius 1 is 1.30 bits per heavy atom. The van der Waals surface area contributed by atoms with Crippen molar-refractivity contribution in [1.29, 1.82) is 0 Å². The number of nitrogens with zero attached hydrogens (tertiary/aromatic N) is 1. The molecule has 1 aromatic heterocycles. The van der Waals surface area contributed by atoms with Crippen LogP contribution in [0, 0.1) is 0 Å². The fraction of sp³-hybridized carbons (Fsp3) is 0.522. The molecular formula is C23H40N4O3. The molecule has 0 bridgehead atoms. The summed E-state index contributed by atoms with van der Waals surface area (Å²) in [7, 11) is 5.02. The highest BCUT2D eigenvalue weighted by Gasteiger charge is 2.00. The van der Waals surface area contributed by atoms with E-state index in [1.165, 1.54) is 0 Å². The Labute approximate surface area is 181 Å². The standard InChI is InChI=1S/C13H16N2O.C4H9NO.C4H9N.C2H6O/c1-3-7-14-11-4-5-12-10(9-11)6-8-15(2)13(12)16;1-3-6-4-2-5-1;1-3-4(2)5;1-3-2/h4-6,8-9,14H,3,7H2,1-2H3;5H,1-4H2;3H,5H2,1-2H3;1-2H3/b;;4-3+;. The molecule has 0 radical (unpaired) electrons. The van der Waals surface area contributed by atoms with Crippen molar-refractivity contribution >= 4 is 16.5 Å². The number of allylic oxidation sites excluding steroid dienone is 2. The molecule has 2 heterocycles. The van der Waals surface area contributed by atoms with Gasteiger partial charge in [-0.3, -0.25) is 4.79 Å². The number of rotatable bonds is 3. The van der Waals surface area contributed by atoms with Crippen LogP contribution in [0.4, 0.5) is 5.69 Å². The van der Waals surface area contributed by atoms with E-state index in [9.17, 15) is 4.79 Å². The predicted octanol–water partition coefficient (Wildman–Crippen LogP) is 3.10. The van der Waals surface area contributed by atoms with Gasteiger partial charge in [0.1, 0.15) is 0 Å². The molecule has 7 nitrogen and oxygen atoms in total. The van der Waals surface area contributed by atoms with Crippen LogP contribution in [0.5, 0.6) is 0 Å². The van der Waals surface area contributed by atoms with Gasteiger partial charge in [0, 0.05) is 63.9 Å². The van der Waals surface area contributed by atoms with Gasteiger partial charge in [0.05, 0.1) is 13.2 Å². The number of hydrogen-bond donors (Lipinski definition) is 3. The SMILES string of the molecule is C/C=C(\C)N.C1COCCN1.CCCNc1ccc2c(=O)n(C)ccc2c1.COC. The Kier molecular flexibility index (Phi) is 16.1. The number of aryl methyl sites for hydroxylation is 1. The molecule has 170 valence electrons. The molecule has 1 saturated heterocycles. The van der Waals surface area contributed by atoms with Crippen molar-refractivity contribution < 1.29 is 9.47 Å². The molecule has 1 aliphatic heterocycles. The second kappa shape index (κ2) is 17.5. The maximum Gasteiger partial charge on any atom is 0.258 e. The highest BCUT2D eigenvalue weighted by atomic mass is 16.5. The van der Waals surface area contributed by atoms with Crippen molar-refractivity contribution in [2.24, 2.45) is 12.8 Å². The number of morpholine rings is 1. The predicted molar refractivity (Wildman–Crippen MR) is 128 cm³/mol. The van der Waals surface area contributed by atoms with Crippen LogP contribution in [-0.2, 0) is 16.5 Å². The number of nitrogens with two attached hydrogens (primary N) is 1. The lowest BCUT2D eigenvalue weighted by molar-refractivity contribution is 0.109. The molecule has 0 saturated carbocycles. The molecule has 1 fully saturated rings. The summed E-state index contributed by atoms with van der Waals surface area (Å²) in [5.41, 5.74) is 7.16. The number of pyridine rings is 1. The van der Waals surface area contributed by atoms with Gasteiger partial charge in [0.25, 0.3) is 5.56 Å². The topological polar surface area (TPSA) is 90.5 Å². The van der Waals surface area contributed by atoms with Crippen molar-refractivity contribution in [3.63, 3.8) is 0 Å². The Morgan fingerprint density at radius 3 is 2.33 bits per heavy atom. The van der Waals surface area contributed by atoms with Crippen LogP contribution in [0.3, 0.4) is 0 Å². The normalized spacial score (nSPS) is 13.1. The number of fused-ring (bicyclic) bond motifs is 1. The Balaban J connectivity index is 0.000000493. The van der Waals surface area contributed by atoms with Gasteiger partial charge in [-0.25, -0.2) is 0 Å². The van der Waals surface area contributed by atoms with Gasteiger partial charge in [-0.05, 0) is 49.9 Å². The maximum atomic E-state index is 11.8. The van der Waals surface area contributed by atoms with E-state index in [4.69, 9.17) is 10.5 Å². The first-order chi connectivity index (χ1) is 14.4. The molecule has 0 spiro atoms. The van der Waals surface area contributed by atoms with Crippen LogP contribution in [0.2, 0.25) is 0 Å². The molecule has 2 aromatic rings. The highest BCUT2D eigenvalue weighted by molar-refractivity contribution is 5.84. The maximum absolute atomic E-state index is 11.8. The summed E-state index contributed by atoms with van der Waals surface area (Å²) in [6.07, 6.45) is 4.75. The number of nitrogens with one attached hydrogen (secondary N) is 2. The minimum atomic E-state index is 0.0551. The van der Waals surface area contributed by atoms with Crippen LogP contribution in [-0.4, -0.2) is 51.6 Å². The fourth-order valence-corrected chi connectivity index (χ4v) is 2.24. The molecule has 30 heavy (non-hydrogen) atoms. The average Bonchev–Trinajstić information content (AvgIpc) is 2.77. The molecule has 0 atom stereocenters. The largest absolute Gasteiger partial charge is 0.403 e. The number of anilines is 1. The lowest BCUT2D eigenvalue weighted by atomic mass is 10.1. The van der Waals surface area contributed by atoms with Crippen LogP contribution in [0.25, 0.3) is 10.8 Å². The van der Waals surface area contributed by atoms with Gasteiger partial charge in [0.15, 0.2) is 0 Å². The van der Waals surface area contributed by atoms with Crippen LogP contribution in [0.1, 0.15) is 27.2 Å². The summed E-state index contributed by atoms with van der Waals surface area (Å²) in [5.74, 6) is 0. The van der Waals surface area contributed by atoms with Gasteiger partial charge in [-0.2, -0.15) is 0 Å². The number of methoxy groups -OCH3 is 1. The van der Waals surface area contributed by atoms with Crippen molar-refractivity contribution in [2.75, 3.05) is 52.4 Å². The molecule has 4 N–H and O–H groups in total. The van der Waals surface area contributed by atoms with E-state index in [1.54, 1.807) is 32.0 Å². The zero-order valence-electron chi connectivity index (χ0n) is 19.5. The summed E-state index contributed by atoms with van der Waals surface area (Å²) in [6.45, 7) is 10.7. The lowest BCUT2D eigenvalue weighted by Crippen LogP contribution is -2.30. The zero-order valence-corrected chi connectivity index (χ0v) is 19.5. The van der Waals surface area contributed by atoms with E-state index in [2.05, 4.69) is 22.3 Å². The van der Waals surface area contributed by atoms with Crippen LogP contribution < -0.4 is 21.9 Å². The Bertz CT molecular complexity index is 768. The second-order valence-corrected chi connectivity index (χ2v) is 6.76. The smallest absolute Gasteiger partial charge is 0.258 e. The molecular weight excluding hydrogens is 380 g/mol. The van der Waals surface area contributed by atoms with Crippen molar-refractivity contribution in [3.05, 3.63) is 52.6 Å². The fourth-order valence-electron chi connectivity index (χ4n) is 2.24. The van der Waals surface area contributed by atoms with Crippen LogP contribution in [0.15, 0.2) is 47.0 Å².